The zero-order valence-corrected chi connectivity index (χ0v) is 13.4. The van der Waals surface area contributed by atoms with Crippen LogP contribution in [0.2, 0.25) is 0 Å². The molecule has 1 N–H and O–H groups in total. The average Bonchev–Trinajstić information content (AvgIpc) is 2.61. The van der Waals surface area contributed by atoms with Crippen molar-refractivity contribution in [2.24, 2.45) is 0 Å². The van der Waals surface area contributed by atoms with Gasteiger partial charge in [-0.1, -0.05) is 18.2 Å². The number of hydrogen-bond acceptors (Lipinski definition) is 5. The van der Waals surface area contributed by atoms with E-state index in [1.165, 1.54) is 0 Å². The first-order valence-corrected chi connectivity index (χ1v) is 8.06. The van der Waals surface area contributed by atoms with Crippen molar-refractivity contribution in [3.8, 4) is 0 Å². The summed E-state index contributed by atoms with van der Waals surface area (Å²) >= 11 is 0. The molecule has 2 heterocycles. The normalized spacial score (nSPS) is 23.9. The molecule has 24 heavy (non-hydrogen) atoms. The number of piperidine rings is 1. The van der Waals surface area contributed by atoms with E-state index >= 15 is 0 Å². The van der Waals surface area contributed by atoms with Gasteiger partial charge in [0.25, 0.3) is 5.91 Å². The lowest BCUT2D eigenvalue weighted by Gasteiger charge is -2.34. The molecule has 0 aliphatic carbocycles. The maximum atomic E-state index is 12.3. The second-order valence-electron chi connectivity index (χ2n) is 6.03. The summed E-state index contributed by atoms with van der Waals surface area (Å²) in [6, 6.07) is 8.49. The molecule has 2 atom stereocenters. The number of esters is 1. The Balaban J connectivity index is 1.44. The zero-order valence-electron chi connectivity index (χ0n) is 13.4. The van der Waals surface area contributed by atoms with Crippen molar-refractivity contribution in [3.05, 3.63) is 35.9 Å². The van der Waals surface area contributed by atoms with Gasteiger partial charge < -0.3 is 19.7 Å². The molecule has 0 spiro atoms. The first kappa shape index (κ1) is 16.3. The molecule has 2 amide bonds. The number of likely N-dealkylation sites (tertiary alicyclic amines) is 1. The topological polar surface area (TPSA) is 84.9 Å². The number of cyclic esters (lactones) is 1. The molecule has 2 aliphatic heterocycles. The second-order valence-corrected chi connectivity index (χ2v) is 6.03. The van der Waals surface area contributed by atoms with Crippen LogP contribution in [-0.4, -0.2) is 54.2 Å². The second kappa shape index (κ2) is 6.90. The smallest absolute Gasteiger partial charge is 0.408 e. The monoisotopic (exact) mass is 332 g/mol. The number of nitrogens with one attached hydrogen (secondary N) is 1. The summed E-state index contributed by atoms with van der Waals surface area (Å²) in [6.45, 7) is 2.78. The van der Waals surface area contributed by atoms with Gasteiger partial charge in [-0.05, 0) is 19.1 Å². The van der Waals surface area contributed by atoms with Crippen LogP contribution < -0.4 is 5.32 Å². The van der Waals surface area contributed by atoms with Crippen LogP contribution >= 0.6 is 0 Å². The van der Waals surface area contributed by atoms with E-state index in [2.05, 4.69) is 5.32 Å². The summed E-state index contributed by atoms with van der Waals surface area (Å²) in [5.41, 5.74) is 0.659. The summed E-state index contributed by atoms with van der Waals surface area (Å²) in [5.74, 6) is -0.452. The summed E-state index contributed by atoms with van der Waals surface area (Å²) < 4.78 is 10.1. The number of ether oxygens (including phenoxy) is 2. The van der Waals surface area contributed by atoms with Gasteiger partial charge in [0, 0.05) is 31.5 Å². The summed E-state index contributed by atoms with van der Waals surface area (Å²) in [5, 5.41) is 2.51. The van der Waals surface area contributed by atoms with E-state index in [1.807, 2.05) is 18.2 Å². The van der Waals surface area contributed by atoms with Gasteiger partial charge in [0.05, 0.1) is 0 Å². The van der Waals surface area contributed by atoms with Gasteiger partial charge in [0.2, 0.25) is 0 Å². The number of nitrogens with zero attached hydrogens (tertiary/aromatic N) is 1. The molecule has 2 aliphatic rings. The third-order valence-corrected chi connectivity index (χ3v) is 4.32. The molecular weight excluding hydrogens is 312 g/mol. The van der Waals surface area contributed by atoms with E-state index in [-0.39, 0.29) is 18.1 Å². The van der Waals surface area contributed by atoms with Crippen molar-refractivity contribution in [1.29, 1.82) is 0 Å². The lowest BCUT2D eigenvalue weighted by atomic mass is 10.1. The highest BCUT2D eigenvalue weighted by molar-refractivity contribution is 5.94. The fourth-order valence-electron chi connectivity index (χ4n) is 2.87. The number of benzene rings is 1. The van der Waals surface area contributed by atoms with E-state index in [1.54, 1.807) is 24.0 Å². The minimum atomic E-state index is -0.628. The molecule has 7 heteroatoms. The van der Waals surface area contributed by atoms with E-state index < -0.39 is 18.1 Å². The van der Waals surface area contributed by atoms with Crippen LogP contribution in [0.5, 0.6) is 0 Å². The number of amides is 2. The highest BCUT2D eigenvalue weighted by atomic mass is 16.6. The number of carbonyl (C=O) groups is 3. The van der Waals surface area contributed by atoms with Gasteiger partial charge in [-0.25, -0.2) is 9.59 Å². The third-order valence-electron chi connectivity index (χ3n) is 4.32. The molecule has 1 aromatic rings. The molecule has 2 fully saturated rings. The Hall–Kier alpha value is -2.57. The summed E-state index contributed by atoms with van der Waals surface area (Å²) in [4.78, 5) is 37.1. The highest BCUT2D eigenvalue weighted by Gasteiger charge is 2.41. The highest BCUT2D eigenvalue weighted by Crippen LogP contribution is 2.18. The molecule has 0 unspecified atom stereocenters. The van der Waals surface area contributed by atoms with Gasteiger partial charge in [-0.2, -0.15) is 0 Å². The van der Waals surface area contributed by atoms with Crippen molar-refractivity contribution in [2.45, 2.75) is 38.0 Å². The van der Waals surface area contributed by atoms with E-state index in [9.17, 15) is 14.4 Å². The maximum Gasteiger partial charge on any atom is 0.408 e. The predicted molar refractivity (Wildman–Crippen MR) is 84.3 cm³/mol. The molecule has 128 valence electrons. The molecule has 0 radical (unpaired) electrons. The number of hydrogen-bond donors (Lipinski definition) is 1. The maximum absolute atomic E-state index is 12.3. The van der Waals surface area contributed by atoms with Crippen LogP contribution in [0.3, 0.4) is 0 Å². The summed E-state index contributed by atoms with van der Waals surface area (Å²) in [6.07, 6.45) is -0.0317. The molecule has 1 aromatic carbocycles. The third kappa shape index (κ3) is 3.50. The van der Waals surface area contributed by atoms with Crippen LogP contribution in [0.1, 0.15) is 30.1 Å². The van der Waals surface area contributed by atoms with Crippen molar-refractivity contribution >= 4 is 18.0 Å². The Bertz CT molecular complexity index is 625. The van der Waals surface area contributed by atoms with E-state index in [0.29, 0.717) is 31.5 Å². The Kier molecular flexibility index (Phi) is 4.69. The van der Waals surface area contributed by atoms with Crippen molar-refractivity contribution in [1.82, 2.24) is 10.2 Å². The van der Waals surface area contributed by atoms with Crippen LogP contribution in [0.25, 0.3) is 0 Å². The van der Waals surface area contributed by atoms with Crippen molar-refractivity contribution in [2.75, 3.05) is 13.1 Å². The van der Waals surface area contributed by atoms with E-state index in [0.717, 1.165) is 0 Å². The quantitative estimate of drug-likeness (QED) is 0.844. The van der Waals surface area contributed by atoms with Crippen LogP contribution in [0.4, 0.5) is 4.79 Å². The average molecular weight is 332 g/mol. The number of rotatable bonds is 3. The standard InChI is InChI=1S/C17H20N2O5/c1-11-14(16(21)23-11)18-17(22)24-13-7-9-19(10-8-13)15(20)12-5-3-2-4-6-12/h2-6,11,13-14H,7-10H2,1H3,(H,18,22)/t11-,14+/m0/s1. The van der Waals surface area contributed by atoms with Crippen LogP contribution in [0.15, 0.2) is 30.3 Å². The van der Waals surface area contributed by atoms with Gasteiger partial charge in [-0.15, -0.1) is 0 Å². The fraction of sp³-hybridized carbons (Fsp3) is 0.471. The van der Waals surface area contributed by atoms with Crippen LogP contribution in [0, 0.1) is 0 Å². The number of alkyl carbamates (subject to hydrolysis) is 1. The first-order valence-electron chi connectivity index (χ1n) is 8.06. The Morgan fingerprint density at radius 2 is 1.88 bits per heavy atom. The lowest BCUT2D eigenvalue weighted by molar-refractivity contribution is -0.174. The van der Waals surface area contributed by atoms with Crippen molar-refractivity contribution in [3.63, 3.8) is 0 Å². The molecular formula is C17H20N2O5. The Morgan fingerprint density at radius 3 is 2.46 bits per heavy atom. The Morgan fingerprint density at radius 1 is 1.21 bits per heavy atom. The van der Waals surface area contributed by atoms with Crippen LogP contribution in [-0.2, 0) is 14.3 Å². The molecule has 0 aromatic heterocycles. The van der Waals surface area contributed by atoms with Gasteiger partial charge in [-0.3, -0.25) is 4.79 Å². The molecule has 0 bridgehead atoms. The Labute approximate surface area is 139 Å². The zero-order chi connectivity index (χ0) is 17.1. The predicted octanol–water partition coefficient (Wildman–Crippen LogP) is 1.33. The molecule has 3 rings (SSSR count). The lowest BCUT2D eigenvalue weighted by Crippen LogP contribution is -2.59. The molecule has 0 saturated carbocycles. The molecule has 7 nitrogen and oxygen atoms in total. The summed E-state index contributed by atoms with van der Waals surface area (Å²) in [7, 11) is 0. The van der Waals surface area contributed by atoms with Gasteiger partial charge >= 0.3 is 12.1 Å². The molecule has 2 saturated heterocycles. The van der Waals surface area contributed by atoms with Gasteiger partial charge in [0.1, 0.15) is 12.2 Å². The van der Waals surface area contributed by atoms with E-state index in [4.69, 9.17) is 9.47 Å². The largest absolute Gasteiger partial charge is 0.458 e. The minimum Gasteiger partial charge on any atom is -0.458 e. The first-order chi connectivity index (χ1) is 11.5. The number of carbonyl (C=O) groups excluding carboxylic acids is 3. The SMILES string of the molecule is C[C@@H]1OC(=O)[C@@H]1NC(=O)OC1CCN(C(=O)c2ccccc2)CC1. The minimum absolute atomic E-state index is 0.00969. The van der Waals surface area contributed by atoms with Crippen molar-refractivity contribution < 1.29 is 23.9 Å². The fourth-order valence-corrected chi connectivity index (χ4v) is 2.87. The van der Waals surface area contributed by atoms with Gasteiger partial charge in [0.15, 0.2) is 6.04 Å².